The molecule has 0 saturated carbocycles. The summed E-state index contributed by atoms with van der Waals surface area (Å²) in [5.74, 6) is 2.02. The quantitative estimate of drug-likeness (QED) is 0.500. The number of carbonyl (C=O) groups excluding carboxylic acids is 1. The van der Waals surface area contributed by atoms with Gasteiger partial charge >= 0.3 is 6.09 Å². The Morgan fingerprint density at radius 1 is 1.16 bits per heavy atom. The summed E-state index contributed by atoms with van der Waals surface area (Å²) >= 11 is 0. The van der Waals surface area contributed by atoms with Gasteiger partial charge in [-0.1, -0.05) is 0 Å². The van der Waals surface area contributed by atoms with Gasteiger partial charge in [0.2, 0.25) is 0 Å². The third kappa shape index (κ3) is 4.16. The van der Waals surface area contributed by atoms with Crippen LogP contribution in [0.15, 0.2) is 36.9 Å². The van der Waals surface area contributed by atoms with E-state index < -0.39 is 11.7 Å². The molecule has 1 N–H and O–H groups in total. The van der Waals surface area contributed by atoms with Crippen LogP contribution in [-0.2, 0) is 4.74 Å². The SMILES string of the molecule is Cc1nc2cnc(N(C(=O)OC(C)(C)C)c3ccnc(-c4cn[nH]c4)n3)cc2n1C(C)C. The Morgan fingerprint density at radius 3 is 2.59 bits per heavy atom. The summed E-state index contributed by atoms with van der Waals surface area (Å²) in [7, 11) is 0. The first-order valence-corrected chi connectivity index (χ1v) is 10.3. The molecule has 1 amide bonds. The number of aryl methyl sites for hydroxylation is 1. The Morgan fingerprint density at radius 2 is 1.94 bits per heavy atom. The number of pyridine rings is 1. The number of aromatic amines is 1. The number of hydrogen-bond donors (Lipinski definition) is 1. The summed E-state index contributed by atoms with van der Waals surface area (Å²) in [5, 5.41) is 6.69. The van der Waals surface area contributed by atoms with E-state index >= 15 is 0 Å². The highest BCUT2D eigenvalue weighted by Crippen LogP contribution is 2.30. The molecule has 0 saturated heterocycles. The van der Waals surface area contributed by atoms with E-state index in [2.05, 4.69) is 48.5 Å². The fourth-order valence-electron chi connectivity index (χ4n) is 3.48. The molecule has 0 unspecified atom stereocenters. The molecule has 4 rings (SSSR count). The molecular formula is C22H26N8O2. The van der Waals surface area contributed by atoms with Gasteiger partial charge in [-0.3, -0.25) is 5.10 Å². The van der Waals surface area contributed by atoms with E-state index in [1.54, 1.807) is 30.9 Å². The minimum absolute atomic E-state index is 0.192. The smallest absolute Gasteiger partial charge is 0.421 e. The van der Waals surface area contributed by atoms with Crippen molar-refractivity contribution >= 4 is 28.8 Å². The second kappa shape index (κ2) is 8.03. The molecule has 4 aromatic rings. The van der Waals surface area contributed by atoms with E-state index in [0.29, 0.717) is 23.0 Å². The maximum absolute atomic E-state index is 13.3. The number of H-pyrrole nitrogens is 1. The molecule has 0 fully saturated rings. The third-order valence-corrected chi connectivity index (χ3v) is 4.69. The molecule has 0 radical (unpaired) electrons. The molecule has 0 aromatic carbocycles. The number of ether oxygens (including phenoxy) is 1. The minimum Gasteiger partial charge on any atom is -0.443 e. The number of hydrogen-bond acceptors (Lipinski definition) is 7. The summed E-state index contributed by atoms with van der Waals surface area (Å²) in [6.45, 7) is 11.6. The Bertz CT molecular complexity index is 1250. The second-order valence-electron chi connectivity index (χ2n) is 8.70. The molecule has 10 nitrogen and oxygen atoms in total. The van der Waals surface area contributed by atoms with Crippen LogP contribution < -0.4 is 4.90 Å². The van der Waals surface area contributed by atoms with Crippen LogP contribution in [0.3, 0.4) is 0 Å². The van der Waals surface area contributed by atoms with E-state index in [4.69, 9.17) is 4.74 Å². The van der Waals surface area contributed by atoms with Crippen LogP contribution >= 0.6 is 0 Å². The van der Waals surface area contributed by atoms with Crippen molar-refractivity contribution in [2.45, 2.75) is 53.2 Å². The van der Waals surface area contributed by atoms with Crippen molar-refractivity contribution in [1.82, 2.24) is 34.7 Å². The Balaban J connectivity index is 1.86. The van der Waals surface area contributed by atoms with E-state index in [0.717, 1.165) is 16.9 Å². The number of nitrogens with one attached hydrogen (secondary N) is 1. The highest BCUT2D eigenvalue weighted by Gasteiger charge is 2.28. The van der Waals surface area contributed by atoms with Gasteiger partial charge in [0.25, 0.3) is 0 Å². The van der Waals surface area contributed by atoms with Gasteiger partial charge in [0, 0.05) is 30.6 Å². The van der Waals surface area contributed by atoms with Crippen molar-refractivity contribution < 1.29 is 9.53 Å². The van der Waals surface area contributed by atoms with Crippen molar-refractivity contribution in [3.8, 4) is 11.4 Å². The number of amides is 1. The lowest BCUT2D eigenvalue weighted by Gasteiger charge is -2.26. The molecule has 0 bridgehead atoms. The highest BCUT2D eigenvalue weighted by molar-refractivity contribution is 5.96. The molecule has 0 aliphatic rings. The van der Waals surface area contributed by atoms with Crippen LogP contribution in [0, 0.1) is 6.92 Å². The van der Waals surface area contributed by atoms with Gasteiger partial charge in [0.1, 0.15) is 28.6 Å². The first-order chi connectivity index (χ1) is 15.1. The van der Waals surface area contributed by atoms with Crippen LogP contribution in [0.1, 0.15) is 46.5 Å². The number of imidazole rings is 1. The average molecular weight is 435 g/mol. The van der Waals surface area contributed by atoms with Gasteiger partial charge in [0.15, 0.2) is 5.82 Å². The zero-order valence-electron chi connectivity index (χ0n) is 19.0. The first-order valence-electron chi connectivity index (χ1n) is 10.3. The van der Waals surface area contributed by atoms with Crippen molar-refractivity contribution in [2.75, 3.05) is 4.90 Å². The van der Waals surface area contributed by atoms with Gasteiger partial charge in [-0.05, 0) is 41.5 Å². The van der Waals surface area contributed by atoms with E-state index in [9.17, 15) is 4.79 Å². The van der Waals surface area contributed by atoms with Gasteiger partial charge < -0.3 is 9.30 Å². The number of rotatable bonds is 4. The lowest BCUT2D eigenvalue weighted by atomic mass is 10.2. The summed E-state index contributed by atoms with van der Waals surface area (Å²) in [6, 6.07) is 3.67. The van der Waals surface area contributed by atoms with Gasteiger partial charge in [0.05, 0.1) is 23.5 Å². The Hall–Kier alpha value is -3.82. The topological polar surface area (TPSA) is 115 Å². The molecule has 4 aromatic heterocycles. The fourth-order valence-corrected chi connectivity index (χ4v) is 3.48. The van der Waals surface area contributed by atoms with Crippen LogP contribution in [0.5, 0.6) is 0 Å². The van der Waals surface area contributed by atoms with Crippen LogP contribution in [0.2, 0.25) is 0 Å². The minimum atomic E-state index is -0.698. The summed E-state index contributed by atoms with van der Waals surface area (Å²) in [5.41, 5.74) is 1.63. The van der Waals surface area contributed by atoms with Crippen molar-refractivity contribution in [3.63, 3.8) is 0 Å². The number of carbonyl (C=O) groups is 1. The van der Waals surface area contributed by atoms with Crippen molar-refractivity contribution in [1.29, 1.82) is 0 Å². The van der Waals surface area contributed by atoms with Crippen LogP contribution in [0.25, 0.3) is 22.4 Å². The van der Waals surface area contributed by atoms with Crippen LogP contribution in [0.4, 0.5) is 16.4 Å². The predicted molar refractivity (Wildman–Crippen MR) is 121 cm³/mol. The van der Waals surface area contributed by atoms with Gasteiger partial charge in [-0.25, -0.2) is 29.6 Å². The standard InChI is InChI=1S/C22H26N8O2/c1-13(2)29-14(3)27-16-12-24-19(9-17(16)29)30(21(31)32-22(4,5)6)18-7-8-23-20(28-18)15-10-25-26-11-15/h7-13H,1-6H3,(H,25,26). The molecule has 0 spiro atoms. The van der Waals surface area contributed by atoms with E-state index in [1.165, 1.54) is 4.90 Å². The molecule has 10 heteroatoms. The molecular weight excluding hydrogens is 408 g/mol. The molecule has 0 aliphatic heterocycles. The molecule has 166 valence electrons. The lowest BCUT2D eigenvalue weighted by Crippen LogP contribution is -2.34. The maximum Gasteiger partial charge on any atom is 0.421 e. The van der Waals surface area contributed by atoms with Crippen molar-refractivity contribution in [3.05, 3.63) is 42.7 Å². The number of anilines is 2. The zero-order chi connectivity index (χ0) is 23.0. The number of fused-ring (bicyclic) bond motifs is 1. The normalized spacial score (nSPS) is 11.8. The molecule has 0 aliphatic carbocycles. The molecule has 32 heavy (non-hydrogen) atoms. The Labute approximate surface area is 185 Å². The monoisotopic (exact) mass is 434 g/mol. The highest BCUT2D eigenvalue weighted by atomic mass is 16.6. The molecule has 0 atom stereocenters. The van der Waals surface area contributed by atoms with Gasteiger partial charge in [-0.15, -0.1) is 0 Å². The summed E-state index contributed by atoms with van der Waals surface area (Å²) < 4.78 is 7.78. The van der Waals surface area contributed by atoms with Crippen molar-refractivity contribution in [2.24, 2.45) is 0 Å². The first kappa shape index (κ1) is 21.4. The number of aromatic nitrogens is 7. The summed E-state index contributed by atoms with van der Waals surface area (Å²) in [6.07, 6.45) is 5.96. The summed E-state index contributed by atoms with van der Waals surface area (Å²) in [4.78, 5) is 32.6. The Kier molecular flexibility index (Phi) is 5.37. The second-order valence-corrected chi connectivity index (χ2v) is 8.70. The predicted octanol–water partition coefficient (Wildman–Crippen LogP) is 4.57. The van der Waals surface area contributed by atoms with E-state index in [1.807, 2.05) is 33.8 Å². The maximum atomic E-state index is 13.3. The van der Waals surface area contributed by atoms with Crippen LogP contribution in [-0.4, -0.2) is 46.4 Å². The molecule has 4 heterocycles. The van der Waals surface area contributed by atoms with Gasteiger partial charge in [-0.2, -0.15) is 5.10 Å². The fraction of sp³-hybridized carbons (Fsp3) is 0.364. The van der Waals surface area contributed by atoms with E-state index in [-0.39, 0.29) is 6.04 Å². The zero-order valence-corrected chi connectivity index (χ0v) is 19.0. The largest absolute Gasteiger partial charge is 0.443 e. The lowest BCUT2D eigenvalue weighted by molar-refractivity contribution is 0.0597. The third-order valence-electron chi connectivity index (χ3n) is 4.69. The average Bonchev–Trinajstić information content (AvgIpc) is 3.34. The number of nitrogens with zero attached hydrogens (tertiary/aromatic N) is 7.